The Bertz CT molecular complexity index is 508. The molecule has 0 amide bonds. The molecule has 0 saturated heterocycles. The highest BCUT2D eigenvalue weighted by atomic mass is 32.2. The van der Waals surface area contributed by atoms with Crippen molar-refractivity contribution in [2.45, 2.75) is 13.3 Å². The third-order valence-corrected chi connectivity index (χ3v) is 3.33. The minimum atomic E-state index is -1.72. The van der Waals surface area contributed by atoms with Crippen LogP contribution in [0, 0.1) is 0 Å². The van der Waals surface area contributed by atoms with Gasteiger partial charge in [0.05, 0.1) is 30.0 Å². The van der Waals surface area contributed by atoms with Crippen molar-refractivity contribution in [2.75, 3.05) is 6.61 Å². The van der Waals surface area contributed by atoms with Gasteiger partial charge in [-0.05, 0) is 24.6 Å². The molecule has 19 heavy (non-hydrogen) atoms. The fourth-order valence-corrected chi connectivity index (χ4v) is 2.06. The Morgan fingerprint density at radius 2 is 2.32 bits per heavy atom. The number of nitrogens with one attached hydrogen (secondary N) is 1. The number of nitrogens with zero attached hydrogens (tertiary/aromatic N) is 1. The van der Waals surface area contributed by atoms with Crippen LogP contribution in [0.4, 0.5) is 8.78 Å². The van der Waals surface area contributed by atoms with Gasteiger partial charge in [-0.1, -0.05) is 0 Å². The number of fused-ring (bicyclic) bond motifs is 1. The van der Waals surface area contributed by atoms with E-state index in [1.165, 1.54) is 19.1 Å². The molecule has 7 heteroatoms. The molecule has 0 bridgehead atoms. The predicted molar refractivity (Wildman–Crippen MR) is 68.4 cm³/mol. The second-order valence-electron chi connectivity index (χ2n) is 3.95. The third-order valence-electron chi connectivity index (χ3n) is 2.57. The summed E-state index contributed by atoms with van der Waals surface area (Å²) in [6.45, 7) is 1.26. The van der Waals surface area contributed by atoms with E-state index in [2.05, 4.69) is 4.72 Å². The Labute approximate surface area is 113 Å². The summed E-state index contributed by atoms with van der Waals surface area (Å²) in [6, 6.07) is 0. The van der Waals surface area contributed by atoms with Gasteiger partial charge in [0.25, 0.3) is 6.08 Å². The van der Waals surface area contributed by atoms with Gasteiger partial charge in [-0.2, -0.15) is 8.78 Å². The van der Waals surface area contributed by atoms with Crippen molar-refractivity contribution in [3.63, 3.8) is 0 Å². The summed E-state index contributed by atoms with van der Waals surface area (Å²) in [7, 11) is 0. The first-order valence-electron chi connectivity index (χ1n) is 5.57. The quantitative estimate of drug-likeness (QED) is 0.636. The molecule has 0 aromatic heterocycles. The predicted octanol–water partition coefficient (Wildman–Crippen LogP) is 2.85. The van der Waals surface area contributed by atoms with Gasteiger partial charge >= 0.3 is 5.97 Å². The minimum Gasteiger partial charge on any atom is -0.462 e. The Morgan fingerprint density at radius 1 is 1.53 bits per heavy atom. The molecule has 0 aromatic rings. The van der Waals surface area contributed by atoms with E-state index in [1.807, 2.05) is 4.31 Å². The molecule has 0 radical (unpaired) electrons. The number of esters is 1. The van der Waals surface area contributed by atoms with E-state index in [0.29, 0.717) is 5.57 Å². The first-order chi connectivity index (χ1) is 9.08. The molecule has 2 aliphatic rings. The van der Waals surface area contributed by atoms with Crippen molar-refractivity contribution in [3.05, 3.63) is 47.5 Å². The second kappa shape index (κ2) is 5.92. The van der Waals surface area contributed by atoms with Crippen LogP contribution in [0.2, 0.25) is 0 Å². The average molecular weight is 286 g/mol. The Balaban J connectivity index is 1.88. The first-order valence-corrected chi connectivity index (χ1v) is 6.35. The van der Waals surface area contributed by atoms with Crippen LogP contribution in [0.5, 0.6) is 0 Å². The van der Waals surface area contributed by atoms with Crippen LogP contribution in [0.15, 0.2) is 47.5 Å². The molecule has 0 unspecified atom stereocenters. The first kappa shape index (κ1) is 13.7. The van der Waals surface area contributed by atoms with E-state index in [9.17, 15) is 13.6 Å². The van der Waals surface area contributed by atoms with Crippen molar-refractivity contribution < 1.29 is 18.3 Å². The number of halogens is 2. The highest BCUT2D eigenvalue weighted by Gasteiger charge is 2.19. The summed E-state index contributed by atoms with van der Waals surface area (Å²) in [5.41, 5.74) is 1.17. The lowest BCUT2D eigenvalue weighted by molar-refractivity contribution is -0.138. The summed E-state index contributed by atoms with van der Waals surface area (Å²) in [5, 5.41) is 0. The highest BCUT2D eigenvalue weighted by Crippen LogP contribution is 2.27. The summed E-state index contributed by atoms with van der Waals surface area (Å²) in [6.07, 6.45) is 5.11. The summed E-state index contributed by atoms with van der Waals surface area (Å²) >= 11 is 1.38. The molecule has 4 nitrogen and oxygen atoms in total. The average Bonchev–Trinajstić information content (AvgIpc) is 2.85. The molecule has 0 aromatic carbocycles. The van der Waals surface area contributed by atoms with Crippen LogP contribution >= 0.6 is 12.1 Å². The van der Waals surface area contributed by atoms with Crippen LogP contribution in [0.25, 0.3) is 0 Å². The maximum atomic E-state index is 12.1. The maximum Gasteiger partial charge on any atom is 0.338 e. The van der Waals surface area contributed by atoms with Gasteiger partial charge in [0.1, 0.15) is 0 Å². The van der Waals surface area contributed by atoms with Crippen molar-refractivity contribution in [2.24, 2.45) is 0 Å². The van der Waals surface area contributed by atoms with Gasteiger partial charge < -0.3 is 9.46 Å². The Morgan fingerprint density at radius 3 is 3.05 bits per heavy atom. The van der Waals surface area contributed by atoms with E-state index in [-0.39, 0.29) is 18.6 Å². The van der Waals surface area contributed by atoms with Gasteiger partial charge in [-0.25, -0.2) is 4.79 Å². The van der Waals surface area contributed by atoms with Gasteiger partial charge in [0.15, 0.2) is 0 Å². The van der Waals surface area contributed by atoms with Crippen molar-refractivity contribution in [1.29, 1.82) is 0 Å². The summed E-state index contributed by atoms with van der Waals surface area (Å²) in [4.78, 5) is 11.7. The van der Waals surface area contributed by atoms with E-state index >= 15 is 0 Å². The third kappa shape index (κ3) is 3.37. The van der Waals surface area contributed by atoms with Gasteiger partial charge in [-0.3, -0.25) is 4.31 Å². The monoisotopic (exact) mass is 286 g/mol. The number of hydrogen-bond donors (Lipinski definition) is 1. The zero-order chi connectivity index (χ0) is 13.8. The number of carbonyl (C=O) groups excluding carboxylic acids is 1. The summed E-state index contributed by atoms with van der Waals surface area (Å²) < 4.78 is 34.0. The lowest BCUT2D eigenvalue weighted by Crippen LogP contribution is -2.13. The zero-order valence-corrected chi connectivity index (χ0v) is 11.0. The number of allylic oxidation sites excluding steroid dienone is 1. The molecule has 0 aliphatic carbocycles. The molecule has 0 saturated carbocycles. The lowest BCUT2D eigenvalue weighted by Gasteiger charge is -2.16. The van der Waals surface area contributed by atoms with Gasteiger partial charge in [-0.15, -0.1) is 0 Å². The topological polar surface area (TPSA) is 41.6 Å². The number of rotatable bonds is 4. The van der Waals surface area contributed by atoms with E-state index in [1.54, 1.807) is 24.6 Å². The van der Waals surface area contributed by atoms with E-state index in [0.717, 1.165) is 5.70 Å². The van der Waals surface area contributed by atoms with Crippen LogP contribution in [-0.4, -0.2) is 16.9 Å². The molecule has 1 N–H and O–H groups in total. The van der Waals surface area contributed by atoms with Crippen molar-refractivity contribution in [1.82, 2.24) is 9.03 Å². The molecule has 2 rings (SSSR count). The zero-order valence-electron chi connectivity index (χ0n) is 10.2. The minimum absolute atomic E-state index is 0.0390. The smallest absolute Gasteiger partial charge is 0.338 e. The highest BCUT2D eigenvalue weighted by molar-refractivity contribution is 7.95. The molecule has 0 fully saturated rings. The molecule has 102 valence electrons. The fourth-order valence-electron chi connectivity index (χ4n) is 1.44. The maximum absolute atomic E-state index is 12.1. The Hall–Kier alpha value is -1.76. The van der Waals surface area contributed by atoms with Crippen LogP contribution in [0.1, 0.15) is 13.3 Å². The standard InChI is InChI=1S/C12H12F2N2O2S/c1-8(11(13)14)3-5-18-12(17)9-2-4-16-10(6-9)7-15-19-16/h2,4,6-7,15H,3,5H2,1H3. The van der Waals surface area contributed by atoms with Crippen molar-refractivity contribution >= 4 is 18.1 Å². The van der Waals surface area contributed by atoms with Gasteiger partial charge in [0, 0.05) is 18.8 Å². The molecule has 2 aliphatic heterocycles. The van der Waals surface area contributed by atoms with Crippen molar-refractivity contribution in [3.8, 4) is 0 Å². The largest absolute Gasteiger partial charge is 0.462 e. The van der Waals surface area contributed by atoms with E-state index < -0.39 is 12.0 Å². The second-order valence-corrected chi connectivity index (χ2v) is 4.76. The van der Waals surface area contributed by atoms with Crippen LogP contribution in [-0.2, 0) is 9.53 Å². The normalized spacial score (nSPS) is 16.3. The molecule has 0 spiro atoms. The lowest BCUT2D eigenvalue weighted by atomic mass is 10.2. The fraction of sp³-hybridized carbons (Fsp3) is 0.250. The van der Waals surface area contributed by atoms with Crippen LogP contribution in [0.3, 0.4) is 0 Å². The van der Waals surface area contributed by atoms with Gasteiger partial charge in [0.2, 0.25) is 0 Å². The van der Waals surface area contributed by atoms with E-state index in [4.69, 9.17) is 4.74 Å². The summed E-state index contributed by atoms with van der Waals surface area (Å²) in [5.74, 6) is -0.513. The number of ether oxygens (including phenoxy) is 1. The SMILES string of the molecule is CC(CCOC(=O)C1=CC2=CNSN2C=C1)=C(F)F. The Kier molecular flexibility index (Phi) is 4.26. The number of hydrogen-bond acceptors (Lipinski definition) is 5. The van der Waals surface area contributed by atoms with Crippen LogP contribution < -0.4 is 4.72 Å². The number of carbonyl (C=O) groups is 1. The molecule has 0 atom stereocenters. The molecular weight excluding hydrogens is 274 g/mol. The molecular formula is C12H12F2N2O2S. The molecule has 2 heterocycles.